The molecule has 0 aromatic carbocycles. The van der Waals surface area contributed by atoms with E-state index in [2.05, 4.69) is 93.2 Å². The van der Waals surface area contributed by atoms with Gasteiger partial charge in [0.15, 0.2) is 0 Å². The fourth-order valence-electron chi connectivity index (χ4n) is 4.75. The van der Waals surface area contributed by atoms with Gasteiger partial charge in [0.05, 0.1) is 0 Å². The highest BCUT2D eigenvalue weighted by Gasteiger charge is 2.38. The number of aromatic nitrogens is 3. The average Bonchev–Trinajstić information content (AvgIpc) is 2.28. The Morgan fingerprint density at radius 2 is 1.48 bits per heavy atom. The molecular weight excluding hydrogens is 360 g/mol. The third-order valence-corrected chi connectivity index (χ3v) is 4.72. The molecule has 1 aliphatic heterocycles. The van der Waals surface area contributed by atoms with Crippen LogP contribution < -0.4 is 16.0 Å². The van der Waals surface area contributed by atoms with Gasteiger partial charge in [0.25, 0.3) is 0 Å². The minimum absolute atomic E-state index is 0.0476. The summed E-state index contributed by atoms with van der Waals surface area (Å²) >= 11 is 6.19. The van der Waals surface area contributed by atoms with Gasteiger partial charge >= 0.3 is 0 Å². The summed E-state index contributed by atoms with van der Waals surface area (Å²) in [6.45, 7) is 19.9. The van der Waals surface area contributed by atoms with Crippen molar-refractivity contribution in [2.75, 3.05) is 10.6 Å². The molecule has 0 atom stereocenters. The Bertz CT molecular complexity index is 647. The lowest BCUT2D eigenvalue weighted by atomic mass is 9.80. The van der Waals surface area contributed by atoms with Crippen molar-refractivity contribution in [3.05, 3.63) is 5.28 Å². The van der Waals surface area contributed by atoms with Crippen LogP contribution in [0.5, 0.6) is 0 Å². The zero-order valence-electron chi connectivity index (χ0n) is 18.4. The van der Waals surface area contributed by atoms with Crippen molar-refractivity contribution in [2.24, 2.45) is 5.41 Å². The van der Waals surface area contributed by atoms with Crippen molar-refractivity contribution in [2.45, 2.75) is 104 Å². The number of halogens is 1. The zero-order chi connectivity index (χ0) is 20.7. The molecule has 0 aliphatic carbocycles. The number of rotatable bonds is 5. The fourth-order valence-corrected chi connectivity index (χ4v) is 4.91. The van der Waals surface area contributed by atoms with Crippen LogP contribution in [0.25, 0.3) is 0 Å². The van der Waals surface area contributed by atoms with Crippen LogP contribution in [0.3, 0.4) is 0 Å². The van der Waals surface area contributed by atoms with Crippen molar-refractivity contribution in [1.29, 1.82) is 0 Å². The van der Waals surface area contributed by atoms with Crippen molar-refractivity contribution in [1.82, 2.24) is 20.3 Å². The Hall–Kier alpha value is -1.14. The number of nitrogens with one attached hydrogen (secondary N) is 3. The van der Waals surface area contributed by atoms with Crippen molar-refractivity contribution in [3.8, 4) is 0 Å². The molecule has 7 heteroatoms. The van der Waals surface area contributed by atoms with Gasteiger partial charge in [-0.2, -0.15) is 15.0 Å². The normalized spacial score (nSPS) is 20.4. The third kappa shape index (κ3) is 7.41. The first kappa shape index (κ1) is 22.2. The molecule has 2 heterocycles. The van der Waals surface area contributed by atoms with Crippen LogP contribution in [-0.4, -0.2) is 37.6 Å². The monoisotopic (exact) mass is 396 g/mol. The van der Waals surface area contributed by atoms with Crippen LogP contribution >= 0.6 is 11.6 Å². The number of hydrogen-bond acceptors (Lipinski definition) is 6. The molecule has 6 nitrogen and oxygen atoms in total. The summed E-state index contributed by atoms with van der Waals surface area (Å²) in [5.74, 6) is 1.04. The SMILES string of the molecule is CC(C)(C)CC(C)(C)Nc1nc(Cl)nc(NC2CC(C)(C)NC(C)(C)C2)n1. The van der Waals surface area contributed by atoms with Gasteiger partial charge in [-0.05, 0) is 77.8 Å². The molecule has 1 aromatic heterocycles. The molecule has 154 valence electrons. The molecule has 0 saturated carbocycles. The summed E-state index contributed by atoms with van der Waals surface area (Å²) in [6.07, 6.45) is 2.94. The minimum atomic E-state index is -0.154. The number of nitrogens with zero attached hydrogens (tertiary/aromatic N) is 3. The van der Waals surface area contributed by atoms with E-state index in [0.29, 0.717) is 11.9 Å². The van der Waals surface area contributed by atoms with Gasteiger partial charge in [0.2, 0.25) is 17.2 Å². The van der Waals surface area contributed by atoms with E-state index in [0.717, 1.165) is 19.3 Å². The molecule has 0 bridgehead atoms. The molecule has 27 heavy (non-hydrogen) atoms. The summed E-state index contributed by atoms with van der Waals surface area (Å²) in [5.41, 5.74) is 0.137. The zero-order valence-corrected chi connectivity index (χ0v) is 19.2. The average molecular weight is 397 g/mol. The predicted octanol–water partition coefficient (Wildman–Crippen LogP) is 4.87. The lowest BCUT2D eigenvalue weighted by Gasteiger charge is -2.46. The van der Waals surface area contributed by atoms with Crippen LogP contribution in [0.2, 0.25) is 5.28 Å². The standard InChI is InChI=1S/C20H37ClN6/c1-17(2,3)12-20(8,9)26-16-24-14(21)23-15(25-16)22-13-10-18(4,5)27-19(6,7)11-13/h13,27H,10-12H2,1-9H3,(H2,22,23,24,25,26). The van der Waals surface area contributed by atoms with Crippen LogP contribution in [-0.2, 0) is 0 Å². The second-order valence-corrected chi connectivity index (χ2v) is 11.5. The maximum absolute atomic E-state index is 6.19. The molecular formula is C20H37ClN6. The number of piperidine rings is 1. The smallest absolute Gasteiger partial charge is 0.229 e. The summed E-state index contributed by atoms with van der Waals surface area (Å²) in [4.78, 5) is 13.2. The highest BCUT2D eigenvalue weighted by Crippen LogP contribution is 2.31. The van der Waals surface area contributed by atoms with E-state index in [9.17, 15) is 0 Å². The summed E-state index contributed by atoms with van der Waals surface area (Å²) in [5, 5.41) is 10.8. The van der Waals surface area contributed by atoms with E-state index in [4.69, 9.17) is 11.6 Å². The van der Waals surface area contributed by atoms with Gasteiger partial charge in [0.1, 0.15) is 0 Å². The van der Waals surface area contributed by atoms with Gasteiger partial charge in [-0.15, -0.1) is 0 Å². The van der Waals surface area contributed by atoms with Gasteiger partial charge in [0, 0.05) is 22.7 Å². The highest BCUT2D eigenvalue weighted by atomic mass is 35.5. The molecule has 0 radical (unpaired) electrons. The summed E-state index contributed by atoms with van der Waals surface area (Å²) in [6, 6.07) is 0.269. The number of hydrogen-bond donors (Lipinski definition) is 3. The third-order valence-electron chi connectivity index (χ3n) is 4.55. The minimum Gasteiger partial charge on any atom is -0.351 e. The van der Waals surface area contributed by atoms with Gasteiger partial charge in [-0.25, -0.2) is 0 Å². The second kappa shape index (κ2) is 7.36. The van der Waals surface area contributed by atoms with Crippen molar-refractivity contribution in [3.63, 3.8) is 0 Å². The molecule has 3 N–H and O–H groups in total. The van der Waals surface area contributed by atoms with E-state index < -0.39 is 0 Å². The molecule has 0 spiro atoms. The van der Waals surface area contributed by atoms with Crippen LogP contribution in [0.4, 0.5) is 11.9 Å². The van der Waals surface area contributed by atoms with E-state index in [1.54, 1.807) is 0 Å². The number of anilines is 2. The molecule has 1 aliphatic rings. The molecule has 2 rings (SSSR count). The Morgan fingerprint density at radius 1 is 0.963 bits per heavy atom. The quantitative estimate of drug-likeness (QED) is 0.659. The lowest BCUT2D eigenvalue weighted by Crippen LogP contribution is -2.60. The van der Waals surface area contributed by atoms with E-state index in [1.807, 2.05) is 0 Å². The Balaban J connectivity index is 2.15. The topological polar surface area (TPSA) is 74.8 Å². The van der Waals surface area contributed by atoms with Crippen molar-refractivity contribution >= 4 is 23.5 Å². The highest BCUT2D eigenvalue weighted by molar-refractivity contribution is 6.28. The Morgan fingerprint density at radius 3 is 2.00 bits per heavy atom. The molecule has 0 unspecified atom stereocenters. The molecule has 1 aromatic rings. The predicted molar refractivity (Wildman–Crippen MR) is 115 cm³/mol. The molecule has 0 amide bonds. The van der Waals surface area contributed by atoms with Gasteiger partial charge in [-0.3, -0.25) is 0 Å². The maximum atomic E-state index is 6.19. The first-order valence-electron chi connectivity index (χ1n) is 9.80. The summed E-state index contributed by atoms with van der Waals surface area (Å²) < 4.78 is 0. The van der Waals surface area contributed by atoms with Gasteiger partial charge in [-0.1, -0.05) is 20.8 Å². The lowest BCUT2D eigenvalue weighted by molar-refractivity contribution is 0.170. The van der Waals surface area contributed by atoms with Crippen LogP contribution in [0.15, 0.2) is 0 Å². The molecule has 1 saturated heterocycles. The van der Waals surface area contributed by atoms with Crippen molar-refractivity contribution < 1.29 is 0 Å². The van der Waals surface area contributed by atoms with E-state index in [1.165, 1.54) is 0 Å². The van der Waals surface area contributed by atoms with Crippen LogP contribution in [0.1, 0.15) is 81.6 Å². The van der Waals surface area contributed by atoms with E-state index >= 15 is 0 Å². The first-order chi connectivity index (χ1) is 12.0. The first-order valence-corrected chi connectivity index (χ1v) is 10.2. The fraction of sp³-hybridized carbons (Fsp3) is 0.850. The largest absolute Gasteiger partial charge is 0.351 e. The van der Waals surface area contributed by atoms with Gasteiger partial charge < -0.3 is 16.0 Å². The second-order valence-electron chi connectivity index (χ2n) is 11.1. The van der Waals surface area contributed by atoms with E-state index in [-0.39, 0.29) is 33.4 Å². The molecule has 1 fully saturated rings. The van der Waals surface area contributed by atoms with Crippen LogP contribution in [0, 0.1) is 5.41 Å². The Kier molecular flexibility index (Phi) is 6.04. The Labute approximate surface area is 169 Å². The maximum Gasteiger partial charge on any atom is 0.229 e. The summed E-state index contributed by atoms with van der Waals surface area (Å²) in [7, 11) is 0.